The number of hydrogen-bond donors (Lipinski definition) is 2. The van der Waals surface area contributed by atoms with Gasteiger partial charge in [-0.1, -0.05) is 0 Å². The molecule has 0 bridgehead atoms. The van der Waals surface area contributed by atoms with Gasteiger partial charge >= 0.3 is 0 Å². The fourth-order valence-corrected chi connectivity index (χ4v) is 1.25. The average Bonchev–Trinajstić information content (AvgIpc) is 2.25. The predicted octanol–water partition coefficient (Wildman–Crippen LogP) is 0.700. The molecule has 6 heteroatoms. The second kappa shape index (κ2) is 6.34. The first-order valence-corrected chi connectivity index (χ1v) is 5.10. The number of anilines is 1. The van der Waals surface area contributed by atoms with Crippen LogP contribution in [0, 0.1) is 12.7 Å². The van der Waals surface area contributed by atoms with Gasteiger partial charge in [0.25, 0.3) is 0 Å². The number of rotatable bonds is 6. The van der Waals surface area contributed by atoms with E-state index in [0.29, 0.717) is 25.3 Å². The zero-order valence-corrected chi connectivity index (χ0v) is 9.53. The van der Waals surface area contributed by atoms with Crippen LogP contribution in [0.1, 0.15) is 12.1 Å². The highest BCUT2D eigenvalue weighted by Gasteiger charge is 2.07. The van der Waals surface area contributed by atoms with E-state index < -0.39 is 5.82 Å². The van der Waals surface area contributed by atoms with Crippen molar-refractivity contribution in [3.8, 4) is 0 Å². The average molecular weight is 228 g/mol. The Hall–Kier alpha value is -1.27. The highest BCUT2D eigenvalue weighted by Crippen LogP contribution is 2.11. The van der Waals surface area contributed by atoms with Crippen molar-refractivity contribution in [2.24, 2.45) is 5.73 Å². The molecule has 0 radical (unpaired) electrons. The molecule has 0 saturated carbocycles. The molecule has 90 valence electrons. The van der Waals surface area contributed by atoms with Crippen LogP contribution in [0.4, 0.5) is 10.2 Å². The second-order valence-electron chi connectivity index (χ2n) is 3.55. The number of ether oxygens (including phenoxy) is 1. The lowest BCUT2D eigenvalue weighted by Crippen LogP contribution is -2.28. The van der Waals surface area contributed by atoms with Gasteiger partial charge in [0.15, 0.2) is 11.6 Å². The van der Waals surface area contributed by atoms with E-state index in [1.165, 1.54) is 6.33 Å². The Morgan fingerprint density at radius 2 is 2.31 bits per heavy atom. The van der Waals surface area contributed by atoms with E-state index in [0.717, 1.165) is 0 Å². The molecule has 1 atom stereocenters. The van der Waals surface area contributed by atoms with Crippen molar-refractivity contribution in [1.82, 2.24) is 9.97 Å². The van der Waals surface area contributed by atoms with Crippen LogP contribution in [0.2, 0.25) is 0 Å². The number of nitrogens with two attached hydrogens (primary N) is 1. The van der Waals surface area contributed by atoms with Gasteiger partial charge in [-0.25, -0.2) is 14.4 Å². The first-order chi connectivity index (χ1) is 7.65. The normalized spacial score (nSPS) is 12.5. The minimum atomic E-state index is -0.414. The molecule has 0 spiro atoms. The predicted molar refractivity (Wildman–Crippen MR) is 59.7 cm³/mol. The maximum absolute atomic E-state index is 13.4. The van der Waals surface area contributed by atoms with E-state index in [-0.39, 0.29) is 11.9 Å². The molecule has 1 aromatic rings. The zero-order chi connectivity index (χ0) is 12.0. The van der Waals surface area contributed by atoms with Crippen LogP contribution < -0.4 is 11.1 Å². The first-order valence-electron chi connectivity index (χ1n) is 5.10. The number of aromatic nitrogens is 2. The molecule has 16 heavy (non-hydrogen) atoms. The second-order valence-corrected chi connectivity index (χ2v) is 3.55. The van der Waals surface area contributed by atoms with Crippen molar-refractivity contribution >= 4 is 5.82 Å². The summed E-state index contributed by atoms with van der Waals surface area (Å²) in [5, 5.41) is 2.88. The molecule has 1 aromatic heterocycles. The van der Waals surface area contributed by atoms with Crippen LogP contribution in [-0.2, 0) is 4.74 Å². The van der Waals surface area contributed by atoms with Crippen LogP contribution in [0.5, 0.6) is 0 Å². The monoisotopic (exact) mass is 228 g/mol. The van der Waals surface area contributed by atoms with Crippen LogP contribution in [-0.4, -0.2) is 36.3 Å². The van der Waals surface area contributed by atoms with E-state index >= 15 is 0 Å². The minimum absolute atomic E-state index is 0.0523. The van der Waals surface area contributed by atoms with E-state index in [4.69, 9.17) is 10.5 Å². The fraction of sp³-hybridized carbons (Fsp3) is 0.600. The lowest BCUT2D eigenvalue weighted by atomic mass is 10.2. The molecule has 0 aliphatic heterocycles. The highest BCUT2D eigenvalue weighted by molar-refractivity contribution is 5.36. The summed E-state index contributed by atoms with van der Waals surface area (Å²) in [7, 11) is 1.60. The molecule has 0 aliphatic rings. The maximum atomic E-state index is 13.4. The summed E-state index contributed by atoms with van der Waals surface area (Å²) in [4.78, 5) is 7.55. The molecule has 0 amide bonds. The fourth-order valence-electron chi connectivity index (χ4n) is 1.25. The first kappa shape index (κ1) is 12.8. The third-order valence-electron chi connectivity index (χ3n) is 2.15. The van der Waals surface area contributed by atoms with Crippen molar-refractivity contribution in [2.45, 2.75) is 19.4 Å². The Balaban J connectivity index is 2.40. The lowest BCUT2D eigenvalue weighted by molar-refractivity contribution is 0.178. The number of hydrogen-bond acceptors (Lipinski definition) is 5. The van der Waals surface area contributed by atoms with Crippen molar-refractivity contribution in [1.29, 1.82) is 0 Å². The van der Waals surface area contributed by atoms with Gasteiger partial charge in [0.2, 0.25) is 0 Å². The Morgan fingerprint density at radius 1 is 1.56 bits per heavy atom. The number of aryl methyl sites for hydroxylation is 1. The third-order valence-corrected chi connectivity index (χ3v) is 2.15. The van der Waals surface area contributed by atoms with Crippen molar-refractivity contribution in [3.63, 3.8) is 0 Å². The Kier molecular flexibility index (Phi) is 5.07. The van der Waals surface area contributed by atoms with Gasteiger partial charge in [0, 0.05) is 19.7 Å². The molecular formula is C10H17FN4O. The molecule has 3 N–H and O–H groups in total. The topological polar surface area (TPSA) is 73.1 Å². The smallest absolute Gasteiger partial charge is 0.186 e. The van der Waals surface area contributed by atoms with Gasteiger partial charge in [0.05, 0.1) is 12.3 Å². The van der Waals surface area contributed by atoms with Gasteiger partial charge < -0.3 is 15.8 Å². The highest BCUT2D eigenvalue weighted by atomic mass is 19.1. The number of methoxy groups -OCH3 is 1. The molecule has 1 heterocycles. The molecule has 1 unspecified atom stereocenters. The quantitative estimate of drug-likeness (QED) is 0.749. The van der Waals surface area contributed by atoms with Gasteiger partial charge in [-0.15, -0.1) is 0 Å². The maximum Gasteiger partial charge on any atom is 0.186 e. The summed E-state index contributed by atoms with van der Waals surface area (Å²) in [5.74, 6) is -0.195. The van der Waals surface area contributed by atoms with E-state index in [1.807, 2.05) is 0 Å². The summed E-state index contributed by atoms with van der Waals surface area (Å²) in [6.07, 6.45) is 2.02. The van der Waals surface area contributed by atoms with Crippen LogP contribution in [0.15, 0.2) is 6.33 Å². The number of halogens is 1. The van der Waals surface area contributed by atoms with Gasteiger partial charge in [-0.05, 0) is 13.3 Å². The molecule has 0 aromatic carbocycles. The van der Waals surface area contributed by atoms with Gasteiger partial charge in [-0.2, -0.15) is 0 Å². The summed E-state index contributed by atoms with van der Waals surface area (Å²) in [6, 6.07) is -0.0523. The number of nitrogens with one attached hydrogen (secondary N) is 1. The Morgan fingerprint density at radius 3 is 3.00 bits per heavy atom. The summed E-state index contributed by atoms with van der Waals surface area (Å²) >= 11 is 0. The van der Waals surface area contributed by atoms with Crippen LogP contribution in [0.3, 0.4) is 0 Å². The zero-order valence-electron chi connectivity index (χ0n) is 9.53. The molecule has 0 saturated heterocycles. The minimum Gasteiger partial charge on any atom is -0.383 e. The molecule has 1 rings (SSSR count). The molecular weight excluding hydrogens is 211 g/mol. The van der Waals surface area contributed by atoms with E-state index in [2.05, 4.69) is 15.3 Å². The van der Waals surface area contributed by atoms with Crippen molar-refractivity contribution in [3.05, 3.63) is 17.8 Å². The van der Waals surface area contributed by atoms with Gasteiger partial charge in [0.1, 0.15) is 6.33 Å². The van der Waals surface area contributed by atoms with Crippen molar-refractivity contribution < 1.29 is 9.13 Å². The van der Waals surface area contributed by atoms with E-state index in [9.17, 15) is 4.39 Å². The third kappa shape index (κ3) is 3.71. The van der Waals surface area contributed by atoms with Crippen molar-refractivity contribution in [2.75, 3.05) is 25.6 Å². The molecule has 0 aliphatic carbocycles. The van der Waals surface area contributed by atoms with Crippen LogP contribution in [0.25, 0.3) is 0 Å². The Bertz CT molecular complexity index is 335. The summed E-state index contributed by atoms with van der Waals surface area (Å²) in [6.45, 7) is 2.64. The largest absolute Gasteiger partial charge is 0.383 e. The lowest BCUT2D eigenvalue weighted by Gasteiger charge is -2.11. The van der Waals surface area contributed by atoms with Crippen LogP contribution >= 0.6 is 0 Å². The van der Waals surface area contributed by atoms with Gasteiger partial charge in [-0.3, -0.25) is 0 Å². The number of nitrogens with zero attached hydrogens (tertiary/aromatic N) is 2. The van der Waals surface area contributed by atoms with E-state index in [1.54, 1.807) is 14.0 Å². The SMILES string of the molecule is COCC(N)CCNc1ncnc(C)c1F. The molecule has 0 fully saturated rings. The molecule has 5 nitrogen and oxygen atoms in total. The summed E-state index contributed by atoms with van der Waals surface area (Å²) in [5.41, 5.74) is 6.06. The Labute approximate surface area is 94.2 Å². The standard InChI is InChI=1S/C10H17FN4O/c1-7-9(11)10(15-6-14-7)13-4-3-8(12)5-16-2/h6,8H,3-5,12H2,1-2H3,(H,13,14,15). The summed E-state index contributed by atoms with van der Waals surface area (Å²) < 4.78 is 18.3.